The van der Waals surface area contributed by atoms with Crippen molar-refractivity contribution < 1.29 is 4.79 Å². The number of carbonyl (C=O) groups excluding carboxylic acids is 1. The Balaban J connectivity index is 2.10. The molecule has 0 saturated heterocycles. The van der Waals surface area contributed by atoms with E-state index in [2.05, 4.69) is 15.3 Å². The third-order valence-corrected chi connectivity index (χ3v) is 4.28. The van der Waals surface area contributed by atoms with Gasteiger partial charge in [-0.25, -0.2) is 9.97 Å². The maximum atomic E-state index is 12.0. The third-order valence-electron chi connectivity index (χ3n) is 3.41. The van der Waals surface area contributed by atoms with Crippen LogP contribution in [0.2, 0.25) is 0 Å². The molecular weight excluding hydrogens is 308 g/mol. The first-order valence-electron chi connectivity index (χ1n) is 7.37. The molecule has 0 unspecified atom stereocenters. The molecule has 0 aliphatic heterocycles. The topological polar surface area (TPSA) is 80.9 Å². The molecule has 0 atom stereocenters. The molecule has 2 aromatic rings. The average Bonchev–Trinajstić information content (AvgIpc) is 2.45. The zero-order chi connectivity index (χ0) is 17.2. The van der Waals surface area contributed by atoms with Crippen molar-refractivity contribution in [1.82, 2.24) is 9.97 Å². The number of hydrogen-bond donors (Lipinski definition) is 2. The molecule has 6 heteroatoms. The van der Waals surface area contributed by atoms with Crippen LogP contribution < -0.4 is 11.1 Å². The van der Waals surface area contributed by atoms with Crippen LogP contribution in [0, 0.1) is 19.3 Å². The molecule has 0 aliphatic rings. The first-order valence-corrected chi connectivity index (χ1v) is 8.18. The summed E-state index contributed by atoms with van der Waals surface area (Å²) in [4.78, 5) is 21.7. The highest BCUT2D eigenvalue weighted by Gasteiger charge is 2.21. The van der Waals surface area contributed by atoms with E-state index in [0.717, 1.165) is 21.8 Å². The third kappa shape index (κ3) is 4.45. The number of nitrogen functional groups attached to an aromatic ring is 1. The molecule has 3 N–H and O–H groups in total. The molecule has 23 heavy (non-hydrogen) atoms. The van der Waals surface area contributed by atoms with Gasteiger partial charge >= 0.3 is 0 Å². The number of aryl methyl sites for hydroxylation is 1. The minimum atomic E-state index is -0.418. The SMILES string of the molecule is Cc1nc(Sc2ccc(NC(=O)C(C)(C)C)cc2)nc(N)c1C. The summed E-state index contributed by atoms with van der Waals surface area (Å²) in [6, 6.07) is 7.60. The number of anilines is 2. The highest BCUT2D eigenvalue weighted by molar-refractivity contribution is 7.99. The second-order valence-corrected chi connectivity index (χ2v) is 7.47. The van der Waals surface area contributed by atoms with Crippen LogP contribution in [-0.2, 0) is 4.79 Å². The van der Waals surface area contributed by atoms with Crippen molar-refractivity contribution in [3.63, 3.8) is 0 Å². The number of nitrogens with zero attached hydrogens (tertiary/aromatic N) is 2. The van der Waals surface area contributed by atoms with Gasteiger partial charge in [0.1, 0.15) is 5.82 Å². The molecule has 0 radical (unpaired) electrons. The summed E-state index contributed by atoms with van der Waals surface area (Å²) in [5.41, 5.74) is 8.03. The lowest BCUT2D eigenvalue weighted by molar-refractivity contribution is -0.123. The Labute approximate surface area is 141 Å². The van der Waals surface area contributed by atoms with Crippen molar-refractivity contribution >= 4 is 29.2 Å². The Hall–Kier alpha value is -2.08. The Bertz CT molecular complexity index is 697. The quantitative estimate of drug-likeness (QED) is 0.836. The average molecular weight is 330 g/mol. The van der Waals surface area contributed by atoms with Crippen molar-refractivity contribution in [2.45, 2.75) is 44.7 Å². The highest BCUT2D eigenvalue weighted by Crippen LogP contribution is 2.28. The first-order chi connectivity index (χ1) is 10.7. The lowest BCUT2D eigenvalue weighted by Gasteiger charge is -2.17. The number of amides is 1. The van der Waals surface area contributed by atoms with Crippen LogP contribution in [0.25, 0.3) is 0 Å². The van der Waals surface area contributed by atoms with Gasteiger partial charge in [0.05, 0.1) is 0 Å². The molecular formula is C17H22N4OS. The number of rotatable bonds is 3. The zero-order valence-electron chi connectivity index (χ0n) is 14.1. The molecule has 5 nitrogen and oxygen atoms in total. The van der Waals surface area contributed by atoms with Crippen molar-refractivity contribution in [3.8, 4) is 0 Å². The lowest BCUT2D eigenvalue weighted by Crippen LogP contribution is -2.27. The van der Waals surface area contributed by atoms with Gasteiger partial charge in [-0.2, -0.15) is 0 Å². The standard InChI is InChI=1S/C17H22N4OS/c1-10-11(2)19-16(21-14(10)18)23-13-8-6-12(7-9-13)20-15(22)17(3,4)5/h6-9H,1-5H3,(H,20,22)(H2,18,19,21). The van der Waals surface area contributed by atoms with Crippen molar-refractivity contribution in [3.05, 3.63) is 35.5 Å². The normalized spacial score (nSPS) is 11.3. The van der Waals surface area contributed by atoms with Crippen molar-refractivity contribution in [1.29, 1.82) is 0 Å². The molecule has 0 saturated carbocycles. The first kappa shape index (κ1) is 17.3. The zero-order valence-corrected chi connectivity index (χ0v) is 14.9. The van der Waals surface area contributed by atoms with E-state index in [1.165, 1.54) is 11.8 Å². The summed E-state index contributed by atoms with van der Waals surface area (Å²) in [7, 11) is 0. The van der Waals surface area contributed by atoms with E-state index < -0.39 is 5.41 Å². The Morgan fingerprint density at radius 2 is 1.74 bits per heavy atom. The summed E-state index contributed by atoms with van der Waals surface area (Å²) in [5, 5.41) is 3.52. The number of carbonyl (C=O) groups is 1. The minimum absolute atomic E-state index is 0.0110. The number of nitrogens with two attached hydrogens (primary N) is 1. The van der Waals surface area contributed by atoms with Gasteiger partial charge in [0, 0.05) is 27.3 Å². The van der Waals surface area contributed by atoms with Crippen LogP contribution in [0.1, 0.15) is 32.0 Å². The van der Waals surface area contributed by atoms with Crippen LogP contribution >= 0.6 is 11.8 Å². The number of aromatic nitrogens is 2. The fourth-order valence-electron chi connectivity index (χ4n) is 1.70. The van der Waals surface area contributed by atoms with Gasteiger partial charge in [-0.1, -0.05) is 20.8 Å². The molecule has 1 aromatic heterocycles. The van der Waals surface area contributed by atoms with E-state index in [1.807, 2.05) is 58.9 Å². The van der Waals surface area contributed by atoms with Gasteiger partial charge in [-0.05, 0) is 49.9 Å². The molecule has 0 spiro atoms. The monoisotopic (exact) mass is 330 g/mol. The Morgan fingerprint density at radius 1 is 1.13 bits per heavy atom. The molecule has 1 aromatic carbocycles. The van der Waals surface area contributed by atoms with Gasteiger partial charge in [-0.15, -0.1) is 0 Å². The molecule has 0 aliphatic carbocycles. The molecule has 122 valence electrons. The highest BCUT2D eigenvalue weighted by atomic mass is 32.2. The smallest absolute Gasteiger partial charge is 0.229 e. The van der Waals surface area contributed by atoms with E-state index >= 15 is 0 Å². The second-order valence-electron chi connectivity index (χ2n) is 6.43. The molecule has 0 fully saturated rings. The minimum Gasteiger partial charge on any atom is -0.383 e. The number of nitrogens with one attached hydrogen (secondary N) is 1. The summed E-state index contributed by atoms with van der Waals surface area (Å²) in [5.74, 6) is 0.497. The van der Waals surface area contributed by atoms with E-state index in [1.54, 1.807) is 0 Å². The maximum Gasteiger partial charge on any atom is 0.229 e. The summed E-state index contributed by atoms with van der Waals surface area (Å²) in [6.45, 7) is 9.48. The fourth-order valence-corrected chi connectivity index (χ4v) is 2.51. The number of hydrogen-bond acceptors (Lipinski definition) is 5. The fraction of sp³-hybridized carbons (Fsp3) is 0.353. The molecule has 1 amide bonds. The molecule has 2 rings (SSSR count). The maximum absolute atomic E-state index is 12.0. The van der Waals surface area contributed by atoms with E-state index in [0.29, 0.717) is 11.0 Å². The van der Waals surface area contributed by atoms with Crippen LogP contribution in [0.3, 0.4) is 0 Å². The van der Waals surface area contributed by atoms with Crippen molar-refractivity contribution in [2.75, 3.05) is 11.1 Å². The van der Waals surface area contributed by atoms with E-state index in [4.69, 9.17) is 5.73 Å². The Kier molecular flexibility index (Phi) is 4.94. The Morgan fingerprint density at radius 3 is 2.26 bits per heavy atom. The predicted octanol–water partition coefficient (Wildman–Crippen LogP) is 3.81. The van der Waals surface area contributed by atoms with Crippen LogP contribution in [-0.4, -0.2) is 15.9 Å². The number of benzene rings is 1. The predicted molar refractivity (Wildman–Crippen MR) is 94.6 cm³/mol. The summed E-state index contributed by atoms with van der Waals surface area (Å²) >= 11 is 1.44. The van der Waals surface area contributed by atoms with Crippen LogP contribution in [0.4, 0.5) is 11.5 Å². The van der Waals surface area contributed by atoms with E-state index in [-0.39, 0.29) is 5.91 Å². The molecule has 0 bridgehead atoms. The summed E-state index contributed by atoms with van der Waals surface area (Å²) in [6.07, 6.45) is 0. The van der Waals surface area contributed by atoms with Gasteiger partial charge in [0.2, 0.25) is 5.91 Å². The second kappa shape index (κ2) is 6.58. The lowest BCUT2D eigenvalue weighted by atomic mass is 9.95. The van der Waals surface area contributed by atoms with Gasteiger partial charge in [-0.3, -0.25) is 4.79 Å². The largest absolute Gasteiger partial charge is 0.383 e. The van der Waals surface area contributed by atoms with Gasteiger partial charge < -0.3 is 11.1 Å². The van der Waals surface area contributed by atoms with Crippen molar-refractivity contribution in [2.24, 2.45) is 5.41 Å². The van der Waals surface area contributed by atoms with Gasteiger partial charge in [0.15, 0.2) is 5.16 Å². The van der Waals surface area contributed by atoms with Crippen LogP contribution in [0.5, 0.6) is 0 Å². The van der Waals surface area contributed by atoms with Gasteiger partial charge in [0.25, 0.3) is 0 Å². The van der Waals surface area contributed by atoms with Crippen LogP contribution in [0.15, 0.2) is 34.3 Å². The molecule has 1 heterocycles. The summed E-state index contributed by atoms with van der Waals surface area (Å²) < 4.78 is 0. The van der Waals surface area contributed by atoms with E-state index in [9.17, 15) is 4.79 Å².